The molecule has 2 heterocycles. The summed E-state index contributed by atoms with van der Waals surface area (Å²) in [7, 11) is 2.04. The number of likely N-dealkylation sites (N-methyl/N-ethyl adjacent to an activating group) is 1. The molecule has 0 bridgehead atoms. The molecule has 6 nitrogen and oxygen atoms in total. The molecule has 28 heavy (non-hydrogen) atoms. The predicted octanol–water partition coefficient (Wildman–Crippen LogP) is 3.24. The Morgan fingerprint density at radius 3 is 2.68 bits per heavy atom. The van der Waals surface area contributed by atoms with Crippen LogP contribution in [0.2, 0.25) is 0 Å². The Morgan fingerprint density at radius 1 is 1.18 bits per heavy atom. The number of hydrogen-bond acceptors (Lipinski definition) is 5. The van der Waals surface area contributed by atoms with E-state index >= 15 is 0 Å². The smallest absolute Gasteiger partial charge is 0.284 e. The highest BCUT2D eigenvalue weighted by atomic mass is 16.6. The summed E-state index contributed by atoms with van der Waals surface area (Å²) in [5.74, 6) is 0.865. The number of benzene rings is 2. The van der Waals surface area contributed by atoms with Crippen molar-refractivity contribution in [2.24, 2.45) is 5.10 Å². The van der Waals surface area contributed by atoms with Crippen LogP contribution in [0.15, 0.2) is 65.4 Å². The third kappa shape index (κ3) is 3.11. The molecule has 2 aromatic rings. The van der Waals surface area contributed by atoms with Crippen molar-refractivity contribution in [1.29, 1.82) is 0 Å². The summed E-state index contributed by atoms with van der Waals surface area (Å²) in [4.78, 5) is 14.5. The van der Waals surface area contributed by atoms with E-state index in [0.29, 0.717) is 11.5 Å². The molecule has 2 aromatic carbocycles. The number of amides is 1. The van der Waals surface area contributed by atoms with Gasteiger partial charge in [0.2, 0.25) is 6.10 Å². The summed E-state index contributed by atoms with van der Waals surface area (Å²) in [6.07, 6.45) is 2.80. The van der Waals surface area contributed by atoms with Crippen LogP contribution in [0.4, 0.5) is 5.69 Å². The molecule has 0 saturated carbocycles. The average molecular weight is 377 g/mol. The number of hydrogen-bond donors (Lipinski definition) is 1. The van der Waals surface area contributed by atoms with E-state index < -0.39 is 6.10 Å². The molecule has 0 aliphatic carbocycles. The Hall–Kier alpha value is -3.28. The molecule has 6 heteroatoms. The third-order valence-corrected chi connectivity index (χ3v) is 5.22. The fourth-order valence-corrected chi connectivity index (χ4v) is 3.73. The Morgan fingerprint density at radius 2 is 1.89 bits per heavy atom. The number of carbonyl (C=O) groups excluding carboxylic acids is 1. The Labute approximate surface area is 164 Å². The van der Waals surface area contributed by atoms with E-state index in [0.717, 1.165) is 5.70 Å². The summed E-state index contributed by atoms with van der Waals surface area (Å²) >= 11 is 0. The first kappa shape index (κ1) is 18.1. The minimum atomic E-state index is -0.727. The zero-order chi connectivity index (χ0) is 19.7. The molecular formula is C22H23N3O3. The maximum atomic E-state index is 12.3. The number of carbonyl (C=O) groups is 1. The monoisotopic (exact) mass is 377 g/mol. The molecule has 0 aromatic heterocycles. The van der Waals surface area contributed by atoms with Crippen molar-refractivity contribution in [3.8, 4) is 11.5 Å². The first-order valence-corrected chi connectivity index (χ1v) is 9.24. The van der Waals surface area contributed by atoms with Crippen LogP contribution < -0.4 is 19.8 Å². The van der Waals surface area contributed by atoms with Crippen molar-refractivity contribution in [2.75, 3.05) is 18.6 Å². The highest BCUT2D eigenvalue weighted by Crippen LogP contribution is 2.46. The number of anilines is 1. The first-order chi connectivity index (χ1) is 13.5. The van der Waals surface area contributed by atoms with Crippen molar-refractivity contribution in [3.05, 3.63) is 65.9 Å². The van der Waals surface area contributed by atoms with E-state index in [1.807, 2.05) is 37.4 Å². The van der Waals surface area contributed by atoms with Crippen LogP contribution in [0.1, 0.15) is 19.4 Å². The second-order valence-corrected chi connectivity index (χ2v) is 7.37. The lowest BCUT2D eigenvalue weighted by Gasteiger charge is -2.24. The van der Waals surface area contributed by atoms with Gasteiger partial charge in [-0.15, -0.1) is 0 Å². The Kier molecular flexibility index (Phi) is 4.55. The molecule has 4 rings (SSSR count). The minimum absolute atomic E-state index is 0.134. The highest BCUT2D eigenvalue weighted by molar-refractivity contribution is 5.84. The van der Waals surface area contributed by atoms with Gasteiger partial charge in [0.25, 0.3) is 5.91 Å². The van der Waals surface area contributed by atoms with Crippen LogP contribution in [0.5, 0.6) is 11.5 Å². The van der Waals surface area contributed by atoms with Gasteiger partial charge in [-0.25, -0.2) is 5.43 Å². The van der Waals surface area contributed by atoms with Crippen LogP contribution in [-0.2, 0) is 10.2 Å². The van der Waals surface area contributed by atoms with Crippen LogP contribution in [-0.4, -0.2) is 31.9 Å². The van der Waals surface area contributed by atoms with Gasteiger partial charge in [-0.05, 0) is 29.8 Å². The summed E-state index contributed by atoms with van der Waals surface area (Å²) in [5.41, 5.74) is 5.96. The van der Waals surface area contributed by atoms with Crippen molar-refractivity contribution in [1.82, 2.24) is 5.43 Å². The number of fused-ring (bicyclic) bond motifs is 2. The van der Waals surface area contributed by atoms with Crippen LogP contribution in [0.3, 0.4) is 0 Å². The van der Waals surface area contributed by atoms with Crippen LogP contribution in [0, 0.1) is 0 Å². The zero-order valence-corrected chi connectivity index (χ0v) is 16.2. The van der Waals surface area contributed by atoms with E-state index in [4.69, 9.17) is 9.47 Å². The lowest BCUT2D eigenvalue weighted by molar-refractivity contribution is -0.130. The summed E-state index contributed by atoms with van der Waals surface area (Å²) in [5, 5.41) is 4.07. The Balaban J connectivity index is 1.41. The molecule has 1 N–H and O–H groups in total. The fraction of sp³-hybridized carbons (Fsp3) is 0.273. The van der Waals surface area contributed by atoms with Crippen molar-refractivity contribution in [2.45, 2.75) is 25.4 Å². The number of allylic oxidation sites excluding steroid dienone is 2. The van der Waals surface area contributed by atoms with E-state index in [1.165, 1.54) is 11.3 Å². The molecular weight excluding hydrogens is 354 g/mol. The fourth-order valence-electron chi connectivity index (χ4n) is 3.73. The molecule has 0 radical (unpaired) electrons. The summed E-state index contributed by atoms with van der Waals surface area (Å²) < 4.78 is 11.2. The lowest BCUT2D eigenvalue weighted by atomic mass is 9.84. The lowest BCUT2D eigenvalue weighted by Crippen LogP contribution is -2.42. The maximum absolute atomic E-state index is 12.3. The largest absolute Gasteiger partial charge is 0.485 e. The molecule has 1 amide bonds. The van der Waals surface area contributed by atoms with Crippen LogP contribution >= 0.6 is 0 Å². The van der Waals surface area contributed by atoms with Gasteiger partial charge < -0.3 is 14.4 Å². The molecule has 1 unspecified atom stereocenters. The molecule has 1 atom stereocenters. The number of para-hydroxylation sites is 3. The first-order valence-electron chi connectivity index (χ1n) is 9.24. The number of ether oxygens (including phenoxy) is 2. The third-order valence-electron chi connectivity index (χ3n) is 5.22. The van der Waals surface area contributed by atoms with E-state index in [1.54, 1.807) is 12.3 Å². The normalized spacial score (nSPS) is 21.0. The number of nitrogens with zero attached hydrogens (tertiary/aromatic N) is 2. The van der Waals surface area contributed by atoms with Gasteiger partial charge in [0.05, 0.1) is 0 Å². The van der Waals surface area contributed by atoms with Gasteiger partial charge in [-0.1, -0.05) is 44.2 Å². The zero-order valence-electron chi connectivity index (χ0n) is 16.2. The second-order valence-electron chi connectivity index (χ2n) is 7.37. The summed E-state index contributed by atoms with van der Waals surface area (Å²) in [6, 6.07) is 15.6. The van der Waals surface area contributed by atoms with Gasteiger partial charge >= 0.3 is 0 Å². The molecule has 0 saturated heterocycles. The predicted molar refractivity (Wildman–Crippen MR) is 109 cm³/mol. The number of rotatable bonds is 3. The van der Waals surface area contributed by atoms with E-state index in [2.05, 4.69) is 47.5 Å². The van der Waals surface area contributed by atoms with Crippen molar-refractivity contribution < 1.29 is 14.3 Å². The maximum Gasteiger partial charge on any atom is 0.284 e. The van der Waals surface area contributed by atoms with Crippen molar-refractivity contribution in [3.63, 3.8) is 0 Å². The van der Waals surface area contributed by atoms with E-state index in [-0.39, 0.29) is 17.9 Å². The van der Waals surface area contributed by atoms with E-state index in [9.17, 15) is 4.79 Å². The topological polar surface area (TPSA) is 63.2 Å². The van der Waals surface area contributed by atoms with Gasteiger partial charge in [-0.2, -0.15) is 5.10 Å². The average Bonchev–Trinajstić information content (AvgIpc) is 2.91. The standard InChI is InChI=1S/C22H23N3O3/c1-22(2)15-8-4-5-9-16(15)25(3)20(22)12-13-23-24-21(26)19-14-27-17-10-6-7-11-18(17)28-19/h4-13,19H,14H2,1-3H3,(H,24,26). The van der Waals surface area contributed by atoms with Gasteiger partial charge in [0, 0.05) is 30.1 Å². The summed E-state index contributed by atoms with van der Waals surface area (Å²) in [6.45, 7) is 4.51. The molecule has 0 spiro atoms. The number of nitrogens with one attached hydrogen (secondary N) is 1. The van der Waals surface area contributed by atoms with Crippen molar-refractivity contribution >= 4 is 17.8 Å². The highest BCUT2D eigenvalue weighted by Gasteiger charge is 2.37. The molecule has 2 aliphatic rings. The molecule has 2 aliphatic heterocycles. The second kappa shape index (κ2) is 7.03. The quantitative estimate of drug-likeness (QED) is 0.659. The number of hydrazone groups is 1. The Bertz CT molecular complexity index is 965. The molecule has 0 fully saturated rings. The minimum Gasteiger partial charge on any atom is -0.485 e. The SMILES string of the molecule is CN1C(=CC=NNC(=O)C2COc3ccccc3O2)C(C)(C)c2ccccc21. The van der Waals surface area contributed by atoms with Gasteiger partial charge in [0.1, 0.15) is 6.61 Å². The molecule has 144 valence electrons. The van der Waals surface area contributed by atoms with Gasteiger partial charge in [0.15, 0.2) is 11.5 Å². The van der Waals surface area contributed by atoms with Gasteiger partial charge in [-0.3, -0.25) is 4.79 Å². The van der Waals surface area contributed by atoms with Crippen LogP contribution in [0.25, 0.3) is 0 Å².